The van der Waals surface area contributed by atoms with Crippen molar-refractivity contribution in [3.8, 4) is 0 Å². The van der Waals surface area contributed by atoms with Crippen LogP contribution in [0, 0.1) is 23.0 Å². The molecule has 17 heavy (non-hydrogen) atoms. The molecule has 0 N–H and O–H groups in total. The van der Waals surface area contributed by atoms with E-state index in [-0.39, 0.29) is 11.3 Å². The monoisotopic (exact) mass is 280 g/mol. The molecular weight excluding hydrogens is 265 g/mol. The molecule has 0 unspecified atom stereocenters. The molecule has 0 bridgehead atoms. The van der Waals surface area contributed by atoms with Crippen molar-refractivity contribution < 1.29 is 8.78 Å². The van der Waals surface area contributed by atoms with Gasteiger partial charge < -0.3 is 0 Å². The Bertz CT molecular complexity index is 374. The summed E-state index contributed by atoms with van der Waals surface area (Å²) in [7, 11) is 0. The number of halogens is 4. The highest BCUT2D eigenvalue weighted by Crippen LogP contribution is 2.34. The summed E-state index contributed by atoms with van der Waals surface area (Å²) >= 11 is 12.0. The van der Waals surface area contributed by atoms with Crippen molar-refractivity contribution in [3.63, 3.8) is 0 Å². The van der Waals surface area contributed by atoms with Crippen molar-refractivity contribution in [2.45, 2.75) is 20.3 Å². The van der Waals surface area contributed by atoms with Crippen molar-refractivity contribution in [3.05, 3.63) is 35.4 Å². The fourth-order valence-electron chi connectivity index (χ4n) is 1.70. The van der Waals surface area contributed by atoms with Gasteiger partial charge in [-0.15, -0.1) is 23.2 Å². The Morgan fingerprint density at radius 1 is 1.12 bits per heavy atom. The second-order valence-corrected chi connectivity index (χ2v) is 5.24. The Kier molecular flexibility index (Phi) is 5.21. The summed E-state index contributed by atoms with van der Waals surface area (Å²) in [4.78, 5) is 0. The third kappa shape index (κ3) is 3.32. The van der Waals surface area contributed by atoms with Crippen LogP contribution in [0.2, 0.25) is 0 Å². The summed E-state index contributed by atoms with van der Waals surface area (Å²) in [6.45, 7) is 4.06. The smallest absolute Gasteiger partial charge is 0.159 e. The number of rotatable bonds is 5. The third-order valence-electron chi connectivity index (χ3n) is 3.30. The lowest BCUT2D eigenvalue weighted by molar-refractivity contribution is 0.258. The molecule has 4 heteroatoms. The highest BCUT2D eigenvalue weighted by Gasteiger charge is 2.32. The topological polar surface area (TPSA) is 0 Å². The van der Waals surface area contributed by atoms with Crippen molar-refractivity contribution >= 4 is 23.2 Å². The molecule has 0 aliphatic heterocycles. The molecule has 0 aliphatic rings. The molecule has 0 fully saturated rings. The minimum atomic E-state index is -0.833. The number of hydrogen-bond acceptors (Lipinski definition) is 0. The molecule has 0 aliphatic carbocycles. The molecular formula is C13H16Cl2F2. The Morgan fingerprint density at radius 3 is 2.12 bits per heavy atom. The first kappa shape index (κ1) is 14.7. The zero-order chi connectivity index (χ0) is 13.1. The lowest BCUT2D eigenvalue weighted by atomic mass is 9.76. The molecule has 96 valence electrons. The molecule has 0 heterocycles. The lowest BCUT2D eigenvalue weighted by Gasteiger charge is -2.34. The zero-order valence-electron chi connectivity index (χ0n) is 9.94. The van der Waals surface area contributed by atoms with Crippen LogP contribution in [0.15, 0.2) is 18.2 Å². The summed E-state index contributed by atoms with van der Waals surface area (Å²) in [5.74, 6) is -0.601. The molecule has 0 amide bonds. The van der Waals surface area contributed by atoms with Gasteiger partial charge in [0.25, 0.3) is 0 Å². The highest BCUT2D eigenvalue weighted by atomic mass is 35.5. The SMILES string of the molecule is CC(C)C(CCl)(CCl)Cc1ccc(F)c(F)c1. The molecule has 1 rings (SSSR count). The third-order valence-corrected chi connectivity index (χ3v) is 4.36. The average Bonchev–Trinajstić information content (AvgIpc) is 2.30. The van der Waals surface area contributed by atoms with E-state index in [1.807, 2.05) is 13.8 Å². The standard InChI is InChI=1S/C13H16Cl2F2/c1-9(2)13(7-14,8-15)6-10-3-4-11(16)12(17)5-10/h3-5,9H,6-8H2,1-2H3. The molecule has 0 spiro atoms. The number of benzene rings is 1. The first-order chi connectivity index (χ1) is 7.95. The summed E-state index contributed by atoms with van der Waals surface area (Å²) in [6, 6.07) is 3.93. The van der Waals surface area contributed by atoms with E-state index in [0.717, 1.165) is 11.6 Å². The summed E-state index contributed by atoms with van der Waals surface area (Å²) in [6.07, 6.45) is 0.550. The van der Waals surface area contributed by atoms with Crippen LogP contribution in [0.3, 0.4) is 0 Å². The molecule has 0 atom stereocenters. The van der Waals surface area contributed by atoms with Crippen LogP contribution < -0.4 is 0 Å². The van der Waals surface area contributed by atoms with E-state index in [1.165, 1.54) is 6.07 Å². The van der Waals surface area contributed by atoms with Crippen molar-refractivity contribution in [2.24, 2.45) is 11.3 Å². The van der Waals surface area contributed by atoms with Gasteiger partial charge in [0, 0.05) is 17.2 Å². The van der Waals surface area contributed by atoms with E-state index in [2.05, 4.69) is 0 Å². The second kappa shape index (κ2) is 6.01. The van der Waals surface area contributed by atoms with E-state index in [4.69, 9.17) is 23.2 Å². The van der Waals surface area contributed by atoms with Gasteiger partial charge in [0.05, 0.1) is 0 Å². The van der Waals surface area contributed by atoms with Gasteiger partial charge >= 0.3 is 0 Å². The van der Waals surface area contributed by atoms with Crippen molar-refractivity contribution in [1.29, 1.82) is 0 Å². The predicted octanol–water partition coefficient (Wildman–Crippen LogP) is 4.63. The maximum Gasteiger partial charge on any atom is 0.159 e. The van der Waals surface area contributed by atoms with Gasteiger partial charge in [0.2, 0.25) is 0 Å². The number of hydrogen-bond donors (Lipinski definition) is 0. The van der Waals surface area contributed by atoms with Crippen LogP contribution in [0.5, 0.6) is 0 Å². The minimum absolute atomic E-state index is 0.269. The average molecular weight is 281 g/mol. The van der Waals surface area contributed by atoms with E-state index < -0.39 is 11.6 Å². The van der Waals surface area contributed by atoms with Crippen LogP contribution in [-0.2, 0) is 6.42 Å². The summed E-state index contributed by atoms with van der Waals surface area (Å²) < 4.78 is 25.9. The Balaban J connectivity index is 2.97. The van der Waals surface area contributed by atoms with Gasteiger partial charge in [-0.2, -0.15) is 0 Å². The predicted molar refractivity (Wildman–Crippen MR) is 68.8 cm³/mol. The van der Waals surface area contributed by atoms with Crippen LogP contribution in [0.1, 0.15) is 19.4 Å². The van der Waals surface area contributed by atoms with Crippen molar-refractivity contribution in [1.82, 2.24) is 0 Å². The van der Waals surface area contributed by atoms with Crippen LogP contribution in [-0.4, -0.2) is 11.8 Å². The highest BCUT2D eigenvalue weighted by molar-refractivity contribution is 6.21. The van der Waals surface area contributed by atoms with Gasteiger partial charge in [0.1, 0.15) is 0 Å². The van der Waals surface area contributed by atoms with Crippen LogP contribution >= 0.6 is 23.2 Å². The van der Waals surface area contributed by atoms with Gasteiger partial charge in [-0.1, -0.05) is 19.9 Å². The maximum absolute atomic E-state index is 13.1. The maximum atomic E-state index is 13.1. The van der Waals surface area contributed by atoms with Gasteiger partial charge in [-0.3, -0.25) is 0 Å². The largest absolute Gasteiger partial charge is 0.204 e. The van der Waals surface area contributed by atoms with E-state index in [0.29, 0.717) is 18.2 Å². The molecule has 0 radical (unpaired) electrons. The summed E-state index contributed by atoms with van der Waals surface area (Å²) in [5.41, 5.74) is 0.437. The fraction of sp³-hybridized carbons (Fsp3) is 0.538. The quantitative estimate of drug-likeness (QED) is 0.690. The Morgan fingerprint density at radius 2 is 1.71 bits per heavy atom. The van der Waals surface area contributed by atoms with E-state index in [1.54, 1.807) is 6.07 Å². The summed E-state index contributed by atoms with van der Waals surface area (Å²) in [5, 5.41) is 0. The second-order valence-electron chi connectivity index (χ2n) is 4.71. The van der Waals surface area contributed by atoms with Crippen molar-refractivity contribution in [2.75, 3.05) is 11.8 Å². The normalized spacial score (nSPS) is 12.2. The van der Waals surface area contributed by atoms with Crippen LogP contribution in [0.4, 0.5) is 8.78 Å². The molecule has 0 nitrogen and oxygen atoms in total. The van der Waals surface area contributed by atoms with Crippen LogP contribution in [0.25, 0.3) is 0 Å². The Labute approximate surface area is 111 Å². The minimum Gasteiger partial charge on any atom is -0.204 e. The van der Waals surface area contributed by atoms with E-state index >= 15 is 0 Å². The van der Waals surface area contributed by atoms with Gasteiger partial charge in [0.15, 0.2) is 11.6 Å². The van der Waals surface area contributed by atoms with Gasteiger partial charge in [-0.25, -0.2) is 8.78 Å². The fourth-order valence-corrected chi connectivity index (χ4v) is 2.79. The first-order valence-corrected chi connectivity index (χ1v) is 6.58. The molecule has 1 aromatic rings. The molecule has 0 saturated heterocycles. The van der Waals surface area contributed by atoms with E-state index in [9.17, 15) is 8.78 Å². The molecule has 1 aromatic carbocycles. The zero-order valence-corrected chi connectivity index (χ0v) is 11.5. The first-order valence-electron chi connectivity index (χ1n) is 5.51. The molecule has 0 aromatic heterocycles. The molecule has 0 saturated carbocycles. The Hall–Kier alpha value is -0.340. The van der Waals surface area contributed by atoms with Gasteiger partial charge in [-0.05, 0) is 30.0 Å². The number of alkyl halides is 2. The lowest BCUT2D eigenvalue weighted by Crippen LogP contribution is -2.34.